The second-order valence-electron chi connectivity index (χ2n) is 6.35. The van der Waals surface area contributed by atoms with Crippen molar-refractivity contribution in [2.24, 2.45) is 0 Å². The average molecular weight is 369 g/mol. The van der Waals surface area contributed by atoms with Crippen LogP contribution in [0.1, 0.15) is 56.7 Å². The number of aromatic carboxylic acids is 1. The molecule has 1 heterocycles. The van der Waals surface area contributed by atoms with Gasteiger partial charge in [0.1, 0.15) is 12.2 Å². The Morgan fingerprint density at radius 1 is 1.11 bits per heavy atom. The van der Waals surface area contributed by atoms with Gasteiger partial charge in [-0.15, -0.1) is 0 Å². The number of rotatable bonds is 6. The molecule has 1 aromatic carbocycles. The fraction of sp³-hybridized carbons (Fsp3) is 0.300. The summed E-state index contributed by atoms with van der Waals surface area (Å²) in [6.45, 7) is 3.40. The highest BCUT2D eigenvalue weighted by Gasteiger charge is 2.39. The van der Waals surface area contributed by atoms with Gasteiger partial charge in [-0.25, -0.2) is 4.79 Å². The lowest BCUT2D eigenvalue weighted by atomic mass is 9.86. The highest BCUT2D eigenvalue weighted by molar-refractivity contribution is 6.53. The van der Waals surface area contributed by atoms with E-state index in [4.69, 9.17) is 4.74 Å². The number of Topliss-reactive ketones (excluding diaryl/α,β-unsaturated/α-hetero) is 2. The number of nitrogens with zero attached hydrogens (tertiary/aromatic N) is 1. The van der Waals surface area contributed by atoms with E-state index in [-0.39, 0.29) is 41.2 Å². The fourth-order valence-electron chi connectivity index (χ4n) is 3.33. The summed E-state index contributed by atoms with van der Waals surface area (Å²) in [5, 5.41) is 9.69. The average Bonchev–Trinajstić information content (AvgIpc) is 2.93. The van der Waals surface area contributed by atoms with Crippen molar-refractivity contribution in [1.82, 2.24) is 4.57 Å². The Morgan fingerprint density at radius 3 is 2.41 bits per heavy atom. The van der Waals surface area contributed by atoms with Crippen LogP contribution in [0.5, 0.6) is 0 Å². The molecule has 0 saturated carbocycles. The van der Waals surface area contributed by atoms with Crippen LogP contribution in [0, 0.1) is 6.92 Å². The molecule has 0 fully saturated rings. The summed E-state index contributed by atoms with van der Waals surface area (Å²) in [6.07, 6.45) is 1.57. The van der Waals surface area contributed by atoms with Crippen LogP contribution >= 0.6 is 0 Å². The zero-order valence-corrected chi connectivity index (χ0v) is 15.1. The number of ether oxygens (including phenoxy) is 1. The van der Waals surface area contributed by atoms with Crippen molar-refractivity contribution < 1.29 is 29.0 Å². The molecule has 0 radical (unpaired) electrons. The molecule has 7 heteroatoms. The van der Waals surface area contributed by atoms with Crippen LogP contribution in [0.3, 0.4) is 0 Å². The third-order valence-corrected chi connectivity index (χ3v) is 4.65. The van der Waals surface area contributed by atoms with E-state index in [9.17, 15) is 24.3 Å². The van der Waals surface area contributed by atoms with Gasteiger partial charge in [0.25, 0.3) is 5.78 Å². The van der Waals surface area contributed by atoms with Gasteiger partial charge >= 0.3 is 11.9 Å². The monoisotopic (exact) mass is 369 g/mol. The quantitative estimate of drug-likeness (QED) is 0.477. The number of carbonyl (C=O) groups excluding carboxylic acids is 3. The number of esters is 1. The zero-order valence-electron chi connectivity index (χ0n) is 15.1. The molecule has 3 rings (SSSR count). The Morgan fingerprint density at radius 2 is 1.78 bits per heavy atom. The lowest BCUT2D eigenvalue weighted by Crippen LogP contribution is -2.26. The van der Waals surface area contributed by atoms with Gasteiger partial charge in [-0.3, -0.25) is 14.4 Å². The summed E-state index contributed by atoms with van der Waals surface area (Å²) in [6, 6.07) is 6.39. The second kappa shape index (κ2) is 7.19. The van der Waals surface area contributed by atoms with Crippen molar-refractivity contribution in [3.8, 4) is 11.1 Å². The highest BCUT2D eigenvalue weighted by atomic mass is 16.5. The number of unbranched alkanes of at least 4 members (excludes halogenated alkanes) is 1. The lowest BCUT2D eigenvalue weighted by Gasteiger charge is -2.17. The molecule has 0 spiro atoms. The minimum Gasteiger partial charge on any atom is -0.478 e. The molecule has 2 aromatic rings. The van der Waals surface area contributed by atoms with E-state index >= 15 is 0 Å². The summed E-state index contributed by atoms with van der Waals surface area (Å²) in [7, 11) is 0. The molecule has 7 nitrogen and oxygen atoms in total. The summed E-state index contributed by atoms with van der Waals surface area (Å²) in [4.78, 5) is 49.2. The van der Waals surface area contributed by atoms with Crippen LogP contribution < -0.4 is 0 Å². The smallest absolute Gasteiger partial charge is 0.338 e. The molecular formula is C20H19NO6. The van der Waals surface area contributed by atoms with Gasteiger partial charge in [0.2, 0.25) is 5.78 Å². The van der Waals surface area contributed by atoms with E-state index in [0.717, 1.165) is 6.42 Å². The maximum Gasteiger partial charge on any atom is 0.338 e. The number of benzene rings is 1. The number of aromatic nitrogens is 1. The third kappa shape index (κ3) is 3.05. The van der Waals surface area contributed by atoms with Gasteiger partial charge in [-0.05, 0) is 18.9 Å². The van der Waals surface area contributed by atoms with Crippen molar-refractivity contribution in [1.29, 1.82) is 0 Å². The molecule has 0 aliphatic heterocycles. The van der Waals surface area contributed by atoms with Crippen LogP contribution in [0.25, 0.3) is 11.1 Å². The van der Waals surface area contributed by atoms with Gasteiger partial charge in [0.05, 0.1) is 12.2 Å². The van der Waals surface area contributed by atoms with Crippen molar-refractivity contribution in [2.75, 3.05) is 6.61 Å². The maximum absolute atomic E-state index is 12.7. The predicted molar refractivity (Wildman–Crippen MR) is 96.1 cm³/mol. The first-order valence-electron chi connectivity index (χ1n) is 8.68. The van der Waals surface area contributed by atoms with Crippen molar-refractivity contribution >= 4 is 23.5 Å². The number of ketones is 2. The number of carbonyl (C=O) groups is 4. The second-order valence-corrected chi connectivity index (χ2v) is 6.35. The van der Waals surface area contributed by atoms with Crippen LogP contribution in [-0.2, 0) is 16.1 Å². The largest absolute Gasteiger partial charge is 0.478 e. The molecule has 1 aliphatic rings. The first-order chi connectivity index (χ1) is 12.9. The van der Waals surface area contributed by atoms with Gasteiger partial charge in [-0.1, -0.05) is 37.6 Å². The van der Waals surface area contributed by atoms with Gasteiger partial charge in [0.15, 0.2) is 0 Å². The molecule has 1 N–H and O–H groups in total. The van der Waals surface area contributed by atoms with Crippen molar-refractivity contribution in [3.63, 3.8) is 0 Å². The number of hydrogen-bond donors (Lipinski definition) is 1. The number of carboxylic acids is 1. The highest BCUT2D eigenvalue weighted by Crippen LogP contribution is 2.39. The Bertz CT molecular complexity index is 969. The Kier molecular flexibility index (Phi) is 4.94. The van der Waals surface area contributed by atoms with Crippen LogP contribution in [0.15, 0.2) is 24.3 Å². The SMILES string of the molecule is CCCCOC(=O)Cn1c(C)c(C(=O)O)c2c1C(=O)C(=O)c1ccccc1-2. The van der Waals surface area contributed by atoms with E-state index in [1.165, 1.54) is 17.6 Å². The Hall–Kier alpha value is -3.22. The standard InChI is InChI=1S/C20H19NO6/c1-3-4-9-27-14(22)10-21-11(2)15(20(25)26)16-12-7-5-6-8-13(12)18(23)19(24)17(16)21/h5-8H,3-4,9-10H2,1-2H3,(H,25,26). The summed E-state index contributed by atoms with van der Waals surface area (Å²) < 4.78 is 6.41. The molecule has 27 heavy (non-hydrogen) atoms. The summed E-state index contributed by atoms with van der Waals surface area (Å²) in [5.41, 5.74) is 0.816. The molecular weight excluding hydrogens is 350 g/mol. The topological polar surface area (TPSA) is 103 Å². The van der Waals surface area contributed by atoms with Gasteiger partial charge in [-0.2, -0.15) is 0 Å². The molecule has 0 bridgehead atoms. The molecule has 1 aliphatic carbocycles. The zero-order chi connectivity index (χ0) is 19.7. The number of hydrogen-bond acceptors (Lipinski definition) is 5. The molecule has 1 aromatic heterocycles. The molecule has 0 amide bonds. The molecule has 0 atom stereocenters. The van der Waals surface area contributed by atoms with E-state index in [1.54, 1.807) is 18.2 Å². The normalized spacial score (nSPS) is 12.5. The number of carboxylic acid groups (broad SMARTS) is 1. The summed E-state index contributed by atoms with van der Waals surface area (Å²) in [5.74, 6) is -3.34. The fourth-order valence-corrected chi connectivity index (χ4v) is 3.33. The first kappa shape index (κ1) is 18.6. The van der Waals surface area contributed by atoms with E-state index in [1.807, 2.05) is 6.92 Å². The van der Waals surface area contributed by atoms with Crippen molar-refractivity contribution in [2.45, 2.75) is 33.2 Å². The number of fused-ring (bicyclic) bond motifs is 3. The predicted octanol–water partition coefficient (Wildman–Crippen LogP) is 2.88. The lowest BCUT2D eigenvalue weighted by molar-refractivity contribution is -0.144. The minimum absolute atomic E-state index is 0.0685. The van der Waals surface area contributed by atoms with Crippen LogP contribution in [0.2, 0.25) is 0 Å². The van der Waals surface area contributed by atoms with E-state index < -0.39 is 23.5 Å². The molecule has 0 saturated heterocycles. The minimum atomic E-state index is -1.22. The van der Waals surface area contributed by atoms with Gasteiger partial charge < -0.3 is 14.4 Å². The summed E-state index contributed by atoms with van der Waals surface area (Å²) >= 11 is 0. The third-order valence-electron chi connectivity index (χ3n) is 4.65. The van der Waals surface area contributed by atoms with E-state index in [2.05, 4.69) is 0 Å². The van der Waals surface area contributed by atoms with Crippen molar-refractivity contribution in [3.05, 3.63) is 46.8 Å². The maximum atomic E-state index is 12.7. The van der Waals surface area contributed by atoms with Crippen LogP contribution in [0.4, 0.5) is 0 Å². The molecule has 140 valence electrons. The van der Waals surface area contributed by atoms with Crippen LogP contribution in [-0.4, -0.2) is 39.8 Å². The Balaban J connectivity index is 2.16. The molecule has 0 unspecified atom stereocenters. The first-order valence-corrected chi connectivity index (χ1v) is 8.68. The van der Waals surface area contributed by atoms with E-state index in [0.29, 0.717) is 12.0 Å². The Labute approximate surface area is 155 Å². The van der Waals surface area contributed by atoms with Gasteiger partial charge in [0, 0.05) is 16.8 Å².